The summed E-state index contributed by atoms with van der Waals surface area (Å²) in [7, 11) is 1.94. The van der Waals surface area contributed by atoms with Crippen LogP contribution < -0.4 is 5.32 Å². The Hall–Kier alpha value is -2.77. The Morgan fingerprint density at radius 3 is 2.50 bits per heavy atom. The lowest BCUT2D eigenvalue weighted by atomic mass is 10.1. The molecule has 0 aliphatic rings. The van der Waals surface area contributed by atoms with Gasteiger partial charge in [-0.05, 0) is 51.7 Å². The first kappa shape index (κ1) is 18.0. The minimum Gasteiger partial charge on any atom is -0.356 e. The fraction of sp³-hybridized carbons (Fsp3) is 0.500. The van der Waals surface area contributed by atoms with Crippen LogP contribution >= 0.6 is 0 Å². The molecule has 0 aromatic carbocycles. The van der Waals surface area contributed by atoms with Crippen molar-refractivity contribution in [3.05, 3.63) is 40.2 Å². The molecule has 138 valence electrons. The molecule has 0 bridgehead atoms. The number of aryl methyl sites for hydroxylation is 4. The van der Waals surface area contributed by atoms with Gasteiger partial charge in [0.05, 0.1) is 5.69 Å². The molecular weight excluding hydrogens is 330 g/mol. The highest BCUT2D eigenvalue weighted by molar-refractivity contribution is 5.76. The molecule has 8 nitrogen and oxygen atoms in total. The molecule has 0 aliphatic carbocycles. The number of carbonyl (C=O) groups is 1. The molecule has 0 spiro atoms. The van der Waals surface area contributed by atoms with E-state index in [4.69, 9.17) is 0 Å². The molecule has 3 rings (SSSR count). The van der Waals surface area contributed by atoms with Gasteiger partial charge in [-0.1, -0.05) is 0 Å². The highest BCUT2D eigenvalue weighted by atomic mass is 16.1. The predicted octanol–water partition coefficient (Wildman–Crippen LogP) is 1.38. The summed E-state index contributed by atoms with van der Waals surface area (Å²) in [6.45, 7) is 8.60. The molecule has 3 aromatic rings. The normalized spacial score (nSPS) is 11.3. The van der Waals surface area contributed by atoms with Gasteiger partial charge in [0.25, 0.3) is 5.78 Å². The van der Waals surface area contributed by atoms with Gasteiger partial charge in [-0.3, -0.25) is 9.48 Å². The number of nitrogens with one attached hydrogen (secondary N) is 1. The van der Waals surface area contributed by atoms with Gasteiger partial charge in [0.1, 0.15) is 6.33 Å². The van der Waals surface area contributed by atoms with Crippen molar-refractivity contribution in [3.63, 3.8) is 0 Å². The van der Waals surface area contributed by atoms with E-state index in [0.29, 0.717) is 25.2 Å². The molecule has 0 unspecified atom stereocenters. The molecule has 0 atom stereocenters. The molecular formula is C18H25N7O. The lowest BCUT2D eigenvalue weighted by molar-refractivity contribution is -0.121. The zero-order valence-electron chi connectivity index (χ0n) is 16.0. The average Bonchev–Trinajstić information content (AvgIpc) is 3.14. The molecule has 0 aliphatic heterocycles. The van der Waals surface area contributed by atoms with E-state index in [1.54, 1.807) is 4.52 Å². The summed E-state index contributed by atoms with van der Waals surface area (Å²) in [6, 6.07) is 0. The molecule has 0 radical (unpaired) electrons. The van der Waals surface area contributed by atoms with Crippen LogP contribution in [-0.4, -0.2) is 41.8 Å². The van der Waals surface area contributed by atoms with Crippen molar-refractivity contribution >= 4 is 11.7 Å². The van der Waals surface area contributed by atoms with E-state index < -0.39 is 0 Å². The summed E-state index contributed by atoms with van der Waals surface area (Å²) in [6.07, 6.45) is 3.35. The highest BCUT2D eigenvalue weighted by Gasteiger charge is 2.13. The minimum absolute atomic E-state index is 0.0432. The van der Waals surface area contributed by atoms with Gasteiger partial charge in [-0.15, -0.1) is 0 Å². The lowest BCUT2D eigenvalue weighted by Crippen LogP contribution is -2.26. The van der Waals surface area contributed by atoms with Crippen molar-refractivity contribution in [1.29, 1.82) is 0 Å². The largest absolute Gasteiger partial charge is 0.356 e. The SMILES string of the molecule is Cc1nn(C)c(C)c1CCNC(=O)CCc1c(C)nc2ncnn2c1C. The molecule has 26 heavy (non-hydrogen) atoms. The van der Waals surface area contributed by atoms with Crippen molar-refractivity contribution < 1.29 is 4.79 Å². The Morgan fingerprint density at radius 2 is 1.81 bits per heavy atom. The summed E-state index contributed by atoms with van der Waals surface area (Å²) < 4.78 is 3.60. The fourth-order valence-electron chi connectivity index (χ4n) is 3.35. The number of fused-ring (bicyclic) bond motifs is 1. The van der Waals surface area contributed by atoms with Crippen LogP contribution in [0.25, 0.3) is 5.78 Å². The van der Waals surface area contributed by atoms with E-state index in [1.165, 1.54) is 11.9 Å². The van der Waals surface area contributed by atoms with Crippen molar-refractivity contribution in [2.45, 2.75) is 47.0 Å². The molecule has 1 amide bonds. The topological polar surface area (TPSA) is 90.0 Å². The number of rotatable bonds is 6. The van der Waals surface area contributed by atoms with Crippen molar-refractivity contribution in [2.24, 2.45) is 7.05 Å². The number of carbonyl (C=O) groups excluding carboxylic acids is 1. The Balaban J connectivity index is 1.56. The van der Waals surface area contributed by atoms with E-state index in [2.05, 4.69) is 32.4 Å². The Labute approximate surface area is 152 Å². The van der Waals surface area contributed by atoms with Crippen LogP contribution in [0.1, 0.15) is 40.3 Å². The number of nitrogens with zero attached hydrogens (tertiary/aromatic N) is 6. The molecule has 0 saturated heterocycles. The van der Waals surface area contributed by atoms with Gasteiger partial charge in [-0.25, -0.2) is 9.50 Å². The second-order valence-corrected chi connectivity index (χ2v) is 6.61. The maximum absolute atomic E-state index is 12.2. The molecule has 3 aromatic heterocycles. The highest BCUT2D eigenvalue weighted by Crippen LogP contribution is 2.15. The first-order valence-corrected chi connectivity index (χ1v) is 8.80. The van der Waals surface area contributed by atoms with Gasteiger partial charge in [0.15, 0.2) is 0 Å². The lowest BCUT2D eigenvalue weighted by Gasteiger charge is -2.10. The number of aromatic nitrogens is 6. The van der Waals surface area contributed by atoms with Gasteiger partial charge in [-0.2, -0.15) is 15.2 Å². The Kier molecular flexibility index (Phi) is 5.01. The van der Waals surface area contributed by atoms with Gasteiger partial charge in [0.2, 0.25) is 5.91 Å². The first-order chi connectivity index (χ1) is 12.4. The van der Waals surface area contributed by atoms with Gasteiger partial charge >= 0.3 is 0 Å². The number of hydrogen-bond acceptors (Lipinski definition) is 5. The van der Waals surface area contributed by atoms with Crippen LogP contribution in [0, 0.1) is 27.7 Å². The van der Waals surface area contributed by atoms with Crippen molar-refractivity contribution in [2.75, 3.05) is 6.54 Å². The van der Waals surface area contributed by atoms with Crippen LogP contribution in [0.5, 0.6) is 0 Å². The second kappa shape index (κ2) is 7.23. The average molecular weight is 355 g/mol. The summed E-state index contributed by atoms with van der Waals surface area (Å²) in [5.41, 5.74) is 6.32. The molecule has 0 saturated carbocycles. The molecule has 8 heteroatoms. The number of amides is 1. The second-order valence-electron chi connectivity index (χ2n) is 6.61. The van der Waals surface area contributed by atoms with Crippen LogP contribution in [0.2, 0.25) is 0 Å². The van der Waals surface area contributed by atoms with Crippen LogP contribution in [0.15, 0.2) is 6.33 Å². The smallest absolute Gasteiger partial charge is 0.252 e. The Morgan fingerprint density at radius 1 is 1.08 bits per heavy atom. The van der Waals surface area contributed by atoms with Crippen molar-refractivity contribution in [1.82, 2.24) is 34.7 Å². The van der Waals surface area contributed by atoms with E-state index in [-0.39, 0.29) is 5.91 Å². The van der Waals surface area contributed by atoms with Crippen LogP contribution in [-0.2, 0) is 24.7 Å². The van der Waals surface area contributed by atoms with Crippen LogP contribution in [0.3, 0.4) is 0 Å². The van der Waals surface area contributed by atoms with Crippen LogP contribution in [0.4, 0.5) is 0 Å². The summed E-state index contributed by atoms with van der Waals surface area (Å²) in [5.74, 6) is 0.636. The van der Waals surface area contributed by atoms with E-state index in [0.717, 1.165) is 34.8 Å². The standard InChI is InChI=1S/C18H25N7O/c1-11-15(14(4)25-18(22-11)20-10-21-25)6-7-17(26)19-9-8-16-12(2)23-24(5)13(16)3/h10H,6-9H2,1-5H3,(H,19,26). The minimum atomic E-state index is 0.0432. The van der Waals surface area contributed by atoms with Gasteiger partial charge < -0.3 is 5.32 Å². The third-order valence-corrected chi connectivity index (χ3v) is 4.95. The molecule has 3 heterocycles. The van der Waals surface area contributed by atoms with E-state index in [9.17, 15) is 4.79 Å². The predicted molar refractivity (Wildman–Crippen MR) is 98.0 cm³/mol. The van der Waals surface area contributed by atoms with Gasteiger partial charge in [0, 0.05) is 37.1 Å². The third-order valence-electron chi connectivity index (χ3n) is 4.95. The Bertz CT molecular complexity index is 954. The van der Waals surface area contributed by atoms with E-state index in [1.807, 2.05) is 32.5 Å². The monoisotopic (exact) mass is 355 g/mol. The third kappa shape index (κ3) is 3.44. The molecule has 0 fully saturated rings. The molecule has 1 N–H and O–H groups in total. The quantitative estimate of drug-likeness (QED) is 0.721. The zero-order valence-corrected chi connectivity index (χ0v) is 16.0. The fourth-order valence-corrected chi connectivity index (χ4v) is 3.35. The summed E-state index contributed by atoms with van der Waals surface area (Å²) in [4.78, 5) is 20.8. The number of hydrogen-bond donors (Lipinski definition) is 1. The van der Waals surface area contributed by atoms with E-state index >= 15 is 0 Å². The zero-order chi connectivity index (χ0) is 18.8. The summed E-state index contributed by atoms with van der Waals surface area (Å²) in [5, 5.41) is 11.6. The first-order valence-electron chi connectivity index (χ1n) is 8.80. The summed E-state index contributed by atoms with van der Waals surface area (Å²) >= 11 is 0. The van der Waals surface area contributed by atoms with Crippen molar-refractivity contribution in [3.8, 4) is 0 Å². The maximum atomic E-state index is 12.2. The maximum Gasteiger partial charge on any atom is 0.252 e.